The van der Waals surface area contributed by atoms with Gasteiger partial charge in [-0.05, 0) is 24.8 Å². The summed E-state index contributed by atoms with van der Waals surface area (Å²) in [4.78, 5) is 0. The fourth-order valence-electron chi connectivity index (χ4n) is 2.10. The molecule has 1 aromatic rings. The maximum absolute atomic E-state index is 9.70. The Hall–Kier alpha value is -0.770. The molecule has 1 aliphatic heterocycles. The van der Waals surface area contributed by atoms with Crippen molar-refractivity contribution in [1.29, 1.82) is 0 Å². The van der Waals surface area contributed by atoms with Gasteiger partial charge in [-0.3, -0.25) is 0 Å². The van der Waals surface area contributed by atoms with Crippen LogP contribution in [0, 0.1) is 5.92 Å². The molecule has 0 saturated carbocycles. The second-order valence-electron chi connectivity index (χ2n) is 4.03. The Kier molecular flexibility index (Phi) is 5.06. The maximum atomic E-state index is 9.70. The zero-order valence-electron chi connectivity index (χ0n) is 9.13. The highest BCUT2D eigenvalue weighted by Crippen LogP contribution is 2.32. The molecule has 2 rings (SSSR count). The second kappa shape index (κ2) is 6.09. The van der Waals surface area contributed by atoms with Crippen molar-refractivity contribution in [3.05, 3.63) is 29.8 Å². The van der Waals surface area contributed by atoms with E-state index in [9.17, 15) is 5.11 Å². The van der Waals surface area contributed by atoms with Crippen molar-refractivity contribution in [2.75, 3.05) is 13.2 Å². The molecule has 1 aliphatic rings. The van der Waals surface area contributed by atoms with Gasteiger partial charge < -0.3 is 15.6 Å². The number of nitrogens with two attached hydrogens (primary N) is 1. The molecule has 0 aromatic heterocycles. The molecule has 3 N–H and O–H groups in total. The number of hydrogen-bond donors (Lipinski definition) is 2. The van der Waals surface area contributed by atoms with Gasteiger partial charge in [-0.1, -0.05) is 18.2 Å². The Balaban J connectivity index is 0.00000128. The summed E-state index contributed by atoms with van der Waals surface area (Å²) >= 11 is 0. The van der Waals surface area contributed by atoms with Crippen molar-refractivity contribution in [1.82, 2.24) is 0 Å². The van der Waals surface area contributed by atoms with Crippen molar-refractivity contribution < 1.29 is 9.84 Å². The van der Waals surface area contributed by atoms with E-state index in [-0.39, 0.29) is 18.4 Å². The van der Waals surface area contributed by atoms with Crippen molar-refractivity contribution in [2.45, 2.75) is 18.9 Å². The van der Waals surface area contributed by atoms with E-state index in [1.807, 2.05) is 18.2 Å². The van der Waals surface area contributed by atoms with Gasteiger partial charge in [0, 0.05) is 24.8 Å². The maximum Gasteiger partial charge on any atom is 0.120 e. The average molecular weight is 244 g/mol. The molecule has 0 unspecified atom stereocenters. The summed E-state index contributed by atoms with van der Waals surface area (Å²) in [5.41, 5.74) is 7.01. The van der Waals surface area contributed by atoms with Gasteiger partial charge in [0.2, 0.25) is 0 Å². The number of benzene rings is 1. The Morgan fingerprint density at radius 1 is 1.25 bits per heavy atom. The zero-order valence-corrected chi connectivity index (χ0v) is 9.95. The van der Waals surface area contributed by atoms with E-state index in [4.69, 9.17) is 10.5 Å². The molecule has 16 heavy (non-hydrogen) atoms. The summed E-state index contributed by atoms with van der Waals surface area (Å²) in [7, 11) is 0. The van der Waals surface area contributed by atoms with E-state index in [0.717, 1.165) is 31.6 Å². The molecule has 3 nitrogen and oxygen atoms in total. The number of halogens is 1. The van der Waals surface area contributed by atoms with E-state index < -0.39 is 0 Å². The highest BCUT2D eigenvalue weighted by atomic mass is 35.5. The van der Waals surface area contributed by atoms with E-state index >= 15 is 0 Å². The van der Waals surface area contributed by atoms with Crippen LogP contribution < -0.4 is 5.73 Å². The predicted octanol–water partition coefficient (Wildman–Crippen LogP) is 2.24. The lowest BCUT2D eigenvalue weighted by atomic mass is 9.87. The first-order chi connectivity index (χ1) is 7.29. The lowest BCUT2D eigenvalue weighted by molar-refractivity contribution is 0.0581. The van der Waals surface area contributed by atoms with Crippen molar-refractivity contribution in [2.24, 2.45) is 11.7 Å². The predicted molar refractivity (Wildman–Crippen MR) is 65.8 cm³/mol. The summed E-state index contributed by atoms with van der Waals surface area (Å²) in [5, 5.41) is 9.70. The number of para-hydroxylation sites is 1. The van der Waals surface area contributed by atoms with Crippen LogP contribution in [0.1, 0.15) is 24.4 Å². The van der Waals surface area contributed by atoms with Gasteiger partial charge in [-0.15, -0.1) is 12.4 Å². The van der Waals surface area contributed by atoms with Gasteiger partial charge in [-0.25, -0.2) is 0 Å². The van der Waals surface area contributed by atoms with Gasteiger partial charge in [0.1, 0.15) is 5.75 Å². The Morgan fingerprint density at radius 2 is 1.88 bits per heavy atom. The van der Waals surface area contributed by atoms with Crippen LogP contribution in [-0.2, 0) is 4.74 Å². The molecule has 1 atom stereocenters. The molecular weight excluding hydrogens is 226 g/mol. The minimum absolute atomic E-state index is 0. The van der Waals surface area contributed by atoms with E-state index in [1.54, 1.807) is 6.07 Å². The third-order valence-corrected chi connectivity index (χ3v) is 3.07. The standard InChI is InChI=1S/C12H17NO2.ClH/c13-12(9-5-7-15-8-6-9)10-3-1-2-4-11(10)14;/h1-4,9,12,14H,5-8,13H2;1H/t12-;/m1./s1. The first-order valence-corrected chi connectivity index (χ1v) is 5.40. The minimum Gasteiger partial charge on any atom is -0.508 e. The lowest BCUT2D eigenvalue weighted by Crippen LogP contribution is -2.27. The molecule has 1 aromatic carbocycles. The molecule has 0 radical (unpaired) electrons. The van der Waals surface area contributed by atoms with Gasteiger partial charge >= 0.3 is 0 Å². The quantitative estimate of drug-likeness (QED) is 0.838. The first-order valence-electron chi connectivity index (χ1n) is 5.40. The summed E-state index contributed by atoms with van der Waals surface area (Å²) < 4.78 is 5.30. The summed E-state index contributed by atoms with van der Waals surface area (Å²) in [6.07, 6.45) is 1.96. The molecule has 0 aliphatic carbocycles. The Morgan fingerprint density at radius 3 is 2.50 bits per heavy atom. The van der Waals surface area contributed by atoms with Gasteiger partial charge in [-0.2, -0.15) is 0 Å². The number of phenols is 1. The highest BCUT2D eigenvalue weighted by Gasteiger charge is 2.23. The zero-order chi connectivity index (χ0) is 10.7. The smallest absolute Gasteiger partial charge is 0.120 e. The topological polar surface area (TPSA) is 55.5 Å². The van der Waals surface area contributed by atoms with E-state index in [2.05, 4.69) is 0 Å². The summed E-state index contributed by atoms with van der Waals surface area (Å²) in [6.45, 7) is 1.57. The molecule has 1 heterocycles. The van der Waals surface area contributed by atoms with Crippen LogP contribution >= 0.6 is 12.4 Å². The second-order valence-corrected chi connectivity index (χ2v) is 4.03. The fraction of sp³-hybridized carbons (Fsp3) is 0.500. The molecule has 4 heteroatoms. The van der Waals surface area contributed by atoms with Crippen molar-refractivity contribution in [3.8, 4) is 5.75 Å². The van der Waals surface area contributed by atoms with Crippen molar-refractivity contribution >= 4 is 12.4 Å². The number of aromatic hydroxyl groups is 1. The molecule has 0 bridgehead atoms. The minimum atomic E-state index is -0.0740. The van der Waals surface area contributed by atoms with Gasteiger partial charge in [0.25, 0.3) is 0 Å². The van der Waals surface area contributed by atoms with Crippen LogP contribution in [-0.4, -0.2) is 18.3 Å². The van der Waals surface area contributed by atoms with Crippen molar-refractivity contribution in [3.63, 3.8) is 0 Å². The Labute approximate surface area is 102 Å². The molecule has 1 fully saturated rings. The number of phenolic OH excluding ortho intramolecular Hbond substituents is 1. The van der Waals surface area contributed by atoms with Crippen LogP contribution in [0.2, 0.25) is 0 Å². The van der Waals surface area contributed by atoms with Crippen LogP contribution in [0.4, 0.5) is 0 Å². The van der Waals surface area contributed by atoms with Crippen LogP contribution in [0.3, 0.4) is 0 Å². The van der Waals surface area contributed by atoms with Gasteiger partial charge in [0.05, 0.1) is 0 Å². The monoisotopic (exact) mass is 243 g/mol. The molecule has 0 amide bonds. The van der Waals surface area contributed by atoms with Crippen LogP contribution in [0.5, 0.6) is 5.75 Å². The summed E-state index contributed by atoms with van der Waals surface area (Å²) in [6, 6.07) is 7.24. The largest absolute Gasteiger partial charge is 0.508 e. The first kappa shape index (κ1) is 13.3. The van der Waals surface area contributed by atoms with E-state index in [1.165, 1.54) is 0 Å². The lowest BCUT2D eigenvalue weighted by Gasteiger charge is -2.28. The van der Waals surface area contributed by atoms with Crippen LogP contribution in [0.25, 0.3) is 0 Å². The van der Waals surface area contributed by atoms with E-state index in [0.29, 0.717) is 11.7 Å². The third kappa shape index (κ3) is 2.88. The molecule has 1 saturated heterocycles. The Bertz CT molecular complexity index is 327. The molecule has 0 spiro atoms. The summed E-state index contributed by atoms with van der Waals surface area (Å²) in [5.74, 6) is 0.726. The number of hydrogen-bond acceptors (Lipinski definition) is 3. The average Bonchev–Trinajstić information content (AvgIpc) is 2.30. The van der Waals surface area contributed by atoms with Crippen LogP contribution in [0.15, 0.2) is 24.3 Å². The number of rotatable bonds is 2. The third-order valence-electron chi connectivity index (χ3n) is 3.07. The number of ether oxygens (including phenoxy) is 1. The fourth-order valence-corrected chi connectivity index (χ4v) is 2.10. The molecular formula is C12H18ClNO2. The highest BCUT2D eigenvalue weighted by molar-refractivity contribution is 5.85. The normalized spacial score (nSPS) is 18.8. The SMILES string of the molecule is Cl.N[C@@H](c1ccccc1O)C1CCOCC1. The molecule has 90 valence electrons. The van der Waals surface area contributed by atoms with Gasteiger partial charge in [0.15, 0.2) is 0 Å².